The topological polar surface area (TPSA) is 88.1 Å². The van der Waals surface area contributed by atoms with E-state index in [1.54, 1.807) is 0 Å². The van der Waals surface area contributed by atoms with Crippen molar-refractivity contribution in [2.24, 2.45) is 11.3 Å². The molecule has 4 aromatic rings. The molecular weight excluding hydrogens is 433 g/mol. The first kappa shape index (κ1) is 20.3. The molecule has 3 aliphatic rings. The van der Waals surface area contributed by atoms with Crippen LogP contribution in [0, 0.1) is 17.2 Å². The van der Waals surface area contributed by atoms with Gasteiger partial charge in [0.1, 0.15) is 29.7 Å². The van der Waals surface area contributed by atoms with E-state index in [1.807, 2.05) is 26.0 Å². The molecule has 0 unspecified atom stereocenters. The zero-order valence-electron chi connectivity index (χ0n) is 19.1. The van der Waals surface area contributed by atoms with Crippen molar-refractivity contribution >= 4 is 27.8 Å². The molecule has 3 fully saturated rings. The van der Waals surface area contributed by atoms with Gasteiger partial charge in [0.2, 0.25) is 0 Å². The molecule has 4 heterocycles. The minimum atomic E-state index is -0.623. The summed E-state index contributed by atoms with van der Waals surface area (Å²) in [5.74, 6) is 0.00269. The Labute approximate surface area is 196 Å². The average Bonchev–Trinajstić information content (AvgIpc) is 3.06. The number of nitrogens with zero attached hydrogens (tertiary/aromatic N) is 4. The number of rotatable bonds is 4. The van der Waals surface area contributed by atoms with Crippen molar-refractivity contribution in [3.63, 3.8) is 0 Å². The molecule has 8 heteroatoms. The fourth-order valence-electron chi connectivity index (χ4n) is 6.54. The van der Waals surface area contributed by atoms with Crippen LogP contribution in [0.5, 0.6) is 0 Å². The van der Waals surface area contributed by atoms with Crippen molar-refractivity contribution in [2.45, 2.75) is 57.1 Å². The fraction of sp³-hybridized carbons (Fsp3) is 0.423. The normalized spacial score (nSPS) is 31.1. The highest BCUT2D eigenvalue weighted by Gasteiger charge is 2.75. The second kappa shape index (κ2) is 6.73. The molecule has 2 aliphatic carbocycles. The van der Waals surface area contributed by atoms with E-state index in [-0.39, 0.29) is 29.5 Å². The summed E-state index contributed by atoms with van der Waals surface area (Å²) in [7, 11) is 0. The number of aryl methyl sites for hydroxylation is 1. The molecule has 7 rings (SSSR count). The van der Waals surface area contributed by atoms with E-state index in [4.69, 9.17) is 15.2 Å². The van der Waals surface area contributed by atoms with Crippen LogP contribution < -0.4 is 5.73 Å². The van der Waals surface area contributed by atoms with Crippen LogP contribution in [-0.2, 0) is 15.9 Å². The maximum absolute atomic E-state index is 13.5. The van der Waals surface area contributed by atoms with E-state index < -0.39 is 5.79 Å². The number of fused-ring (bicyclic) bond motifs is 5. The summed E-state index contributed by atoms with van der Waals surface area (Å²) in [5, 5.41) is 1.69. The van der Waals surface area contributed by atoms with Crippen molar-refractivity contribution in [1.29, 1.82) is 0 Å². The van der Waals surface area contributed by atoms with Gasteiger partial charge in [0.25, 0.3) is 0 Å². The van der Waals surface area contributed by atoms with Gasteiger partial charge in [-0.3, -0.25) is 4.98 Å². The molecule has 0 bridgehead atoms. The summed E-state index contributed by atoms with van der Waals surface area (Å²) < 4.78 is 28.7. The van der Waals surface area contributed by atoms with E-state index in [0.29, 0.717) is 11.7 Å². The molecule has 2 saturated carbocycles. The number of hydrogen-bond donors (Lipinski definition) is 1. The second-order valence-corrected chi connectivity index (χ2v) is 10.5. The number of nitrogens with two attached hydrogens (primary N) is 1. The van der Waals surface area contributed by atoms with E-state index in [1.165, 1.54) is 24.2 Å². The van der Waals surface area contributed by atoms with Crippen molar-refractivity contribution in [3.05, 3.63) is 60.4 Å². The highest BCUT2D eigenvalue weighted by molar-refractivity contribution is 5.86. The van der Waals surface area contributed by atoms with Gasteiger partial charge in [-0.25, -0.2) is 14.4 Å². The van der Waals surface area contributed by atoms with Gasteiger partial charge in [-0.15, -0.1) is 0 Å². The number of halogens is 1. The first-order valence-electron chi connectivity index (χ1n) is 11.8. The third-order valence-electron chi connectivity index (χ3n) is 8.08. The Kier molecular flexibility index (Phi) is 4.02. The molecule has 0 spiro atoms. The number of ether oxygens (including phenoxy) is 2. The van der Waals surface area contributed by atoms with Gasteiger partial charge in [0.05, 0.1) is 29.2 Å². The summed E-state index contributed by atoms with van der Waals surface area (Å²) in [6.07, 6.45) is 7.85. The summed E-state index contributed by atoms with van der Waals surface area (Å²) in [6, 6.07) is 9.76. The highest BCUT2D eigenvalue weighted by Crippen LogP contribution is 2.73. The van der Waals surface area contributed by atoms with Crippen molar-refractivity contribution in [2.75, 3.05) is 5.73 Å². The van der Waals surface area contributed by atoms with Gasteiger partial charge in [-0.1, -0.05) is 12.1 Å². The largest absolute Gasteiger partial charge is 0.383 e. The molecule has 174 valence electrons. The monoisotopic (exact) mass is 459 g/mol. The molecule has 3 aromatic heterocycles. The summed E-state index contributed by atoms with van der Waals surface area (Å²) in [4.78, 5) is 12.9. The number of pyridine rings is 1. The molecule has 1 saturated heterocycles. The average molecular weight is 460 g/mol. The molecular formula is C26H26FN5O2. The van der Waals surface area contributed by atoms with Crippen LogP contribution in [0.3, 0.4) is 0 Å². The minimum Gasteiger partial charge on any atom is -0.383 e. The van der Waals surface area contributed by atoms with Gasteiger partial charge >= 0.3 is 0 Å². The van der Waals surface area contributed by atoms with E-state index >= 15 is 0 Å². The molecule has 1 aliphatic heterocycles. The summed E-state index contributed by atoms with van der Waals surface area (Å²) >= 11 is 0. The standard InChI is InChI=1S/C26H26FN5O2/c1-25(2)33-21-20(32-8-6-17-23(28)30-13-31-24(17)32)18-11-26(18,22(21)34-25)7-5-14-3-4-15-10-16(27)12-29-19(15)9-14/h3-4,6,8-10,12-13,18,20-22H,5,7,11H2,1-2H3,(H2,28,30,31)/t18-,20-,21+,22+,26-/m1/s1. The third kappa shape index (κ3) is 2.85. The molecule has 0 amide bonds. The SMILES string of the molecule is CC1(C)O[C@H]2[C@H](n3ccc4c(N)ncnc43)[C@H]3C[C@@]3(CCc3ccc4cc(F)cnc4c3)[C@H]2O1. The lowest BCUT2D eigenvalue weighted by atomic mass is 9.91. The van der Waals surface area contributed by atoms with Gasteiger partial charge in [-0.2, -0.15) is 0 Å². The number of benzene rings is 1. The van der Waals surface area contributed by atoms with Crippen LogP contribution in [0.25, 0.3) is 21.9 Å². The van der Waals surface area contributed by atoms with Crippen molar-refractivity contribution < 1.29 is 13.9 Å². The zero-order valence-corrected chi connectivity index (χ0v) is 19.1. The second-order valence-electron chi connectivity index (χ2n) is 10.5. The maximum Gasteiger partial charge on any atom is 0.163 e. The Balaban J connectivity index is 1.21. The summed E-state index contributed by atoms with van der Waals surface area (Å²) in [6.45, 7) is 3.99. The quantitative estimate of drug-likeness (QED) is 0.486. The number of nitrogen functional groups attached to an aromatic ring is 1. The fourth-order valence-corrected chi connectivity index (χ4v) is 6.54. The van der Waals surface area contributed by atoms with Gasteiger partial charge < -0.3 is 19.8 Å². The molecule has 5 atom stereocenters. The first-order chi connectivity index (χ1) is 16.3. The molecule has 1 aromatic carbocycles. The van der Waals surface area contributed by atoms with Gasteiger partial charge in [0, 0.05) is 17.0 Å². The Morgan fingerprint density at radius 1 is 1.15 bits per heavy atom. The molecule has 34 heavy (non-hydrogen) atoms. The van der Waals surface area contributed by atoms with Crippen LogP contribution in [0.4, 0.5) is 10.2 Å². The lowest BCUT2D eigenvalue weighted by Crippen LogP contribution is -2.32. The zero-order chi connectivity index (χ0) is 23.2. The van der Waals surface area contributed by atoms with E-state index in [9.17, 15) is 4.39 Å². The molecule has 0 radical (unpaired) electrons. The van der Waals surface area contributed by atoms with Crippen LogP contribution in [0.2, 0.25) is 0 Å². The maximum atomic E-state index is 13.5. The lowest BCUT2D eigenvalue weighted by Gasteiger charge is -2.24. The molecule has 2 N–H and O–H groups in total. The Morgan fingerprint density at radius 3 is 2.91 bits per heavy atom. The predicted molar refractivity (Wildman–Crippen MR) is 125 cm³/mol. The van der Waals surface area contributed by atoms with Crippen LogP contribution in [-0.4, -0.2) is 37.5 Å². The Bertz CT molecular complexity index is 1450. The van der Waals surface area contributed by atoms with Crippen LogP contribution in [0.15, 0.2) is 49.1 Å². The molecule has 7 nitrogen and oxygen atoms in total. The third-order valence-corrected chi connectivity index (χ3v) is 8.08. The van der Waals surface area contributed by atoms with Crippen LogP contribution >= 0.6 is 0 Å². The van der Waals surface area contributed by atoms with Gasteiger partial charge in [-0.05, 0) is 62.8 Å². The van der Waals surface area contributed by atoms with Crippen molar-refractivity contribution in [1.82, 2.24) is 19.5 Å². The number of anilines is 1. The predicted octanol–water partition coefficient (Wildman–Crippen LogP) is 4.41. The van der Waals surface area contributed by atoms with Crippen molar-refractivity contribution in [3.8, 4) is 0 Å². The van der Waals surface area contributed by atoms with Crippen LogP contribution in [0.1, 0.15) is 38.3 Å². The van der Waals surface area contributed by atoms with E-state index in [0.717, 1.165) is 41.2 Å². The minimum absolute atomic E-state index is 0.0295. The Hall–Kier alpha value is -3.10. The highest BCUT2D eigenvalue weighted by atomic mass is 19.1. The number of hydrogen-bond acceptors (Lipinski definition) is 6. The number of aromatic nitrogens is 4. The first-order valence-corrected chi connectivity index (χ1v) is 11.8. The smallest absolute Gasteiger partial charge is 0.163 e. The van der Waals surface area contributed by atoms with E-state index in [2.05, 4.69) is 37.8 Å². The summed E-state index contributed by atoms with van der Waals surface area (Å²) in [5.41, 5.74) is 9.04. The van der Waals surface area contributed by atoms with Gasteiger partial charge in [0.15, 0.2) is 5.79 Å². The lowest BCUT2D eigenvalue weighted by molar-refractivity contribution is -0.161. The Morgan fingerprint density at radius 2 is 2.03 bits per heavy atom.